The predicted octanol–water partition coefficient (Wildman–Crippen LogP) is 2.86. The van der Waals surface area contributed by atoms with Gasteiger partial charge < -0.3 is 10.6 Å². The molecule has 0 spiro atoms. The fourth-order valence-electron chi connectivity index (χ4n) is 2.82. The number of rotatable bonds is 3. The van der Waals surface area contributed by atoms with Crippen LogP contribution in [0.4, 0.5) is 5.82 Å². The zero-order valence-electron chi connectivity index (χ0n) is 14.4. The van der Waals surface area contributed by atoms with Gasteiger partial charge in [-0.3, -0.25) is 4.79 Å². The summed E-state index contributed by atoms with van der Waals surface area (Å²) in [5.41, 5.74) is 6.92. The molecule has 3 aromatic heterocycles. The van der Waals surface area contributed by atoms with Crippen molar-refractivity contribution in [3.8, 4) is 22.6 Å². The largest absolute Gasteiger partial charge is 0.412 e. The van der Waals surface area contributed by atoms with E-state index in [4.69, 9.17) is 33.8 Å². The SMILES string of the molecule is COn1c(=O)c(-c2c(Cl)cccc2Cl)cc2c(N)nc(-c3ccncn3)nc21. The van der Waals surface area contributed by atoms with Crippen LogP contribution in [0.1, 0.15) is 0 Å². The number of nitrogens with zero attached hydrogens (tertiary/aromatic N) is 5. The second-order valence-corrected chi connectivity index (χ2v) is 6.52. The van der Waals surface area contributed by atoms with E-state index in [-0.39, 0.29) is 22.9 Å². The molecule has 0 aliphatic heterocycles. The van der Waals surface area contributed by atoms with Gasteiger partial charge in [-0.05, 0) is 24.3 Å². The Kier molecular flexibility index (Phi) is 4.58. The second-order valence-electron chi connectivity index (χ2n) is 5.70. The summed E-state index contributed by atoms with van der Waals surface area (Å²) in [6.07, 6.45) is 2.92. The number of aromatic nitrogens is 5. The van der Waals surface area contributed by atoms with Crippen molar-refractivity contribution >= 4 is 40.1 Å². The Balaban J connectivity index is 2.07. The molecule has 0 saturated carbocycles. The molecule has 28 heavy (non-hydrogen) atoms. The molecule has 3 heterocycles. The molecular formula is C18H12Cl2N6O2. The third-order valence-corrected chi connectivity index (χ3v) is 4.71. The number of pyridine rings is 1. The maximum absolute atomic E-state index is 13.1. The van der Waals surface area contributed by atoms with Crippen LogP contribution in [0.2, 0.25) is 10.0 Å². The molecule has 0 atom stereocenters. The van der Waals surface area contributed by atoms with E-state index in [9.17, 15) is 4.79 Å². The van der Waals surface area contributed by atoms with Crippen LogP contribution in [0.25, 0.3) is 33.7 Å². The molecule has 2 N–H and O–H groups in total. The molecule has 0 bridgehead atoms. The quantitative estimate of drug-likeness (QED) is 0.548. The van der Waals surface area contributed by atoms with Gasteiger partial charge in [0.05, 0.1) is 21.0 Å². The highest BCUT2D eigenvalue weighted by atomic mass is 35.5. The third kappa shape index (κ3) is 2.92. The van der Waals surface area contributed by atoms with Crippen molar-refractivity contribution in [3.63, 3.8) is 0 Å². The van der Waals surface area contributed by atoms with Gasteiger partial charge in [0.1, 0.15) is 24.9 Å². The van der Waals surface area contributed by atoms with E-state index < -0.39 is 5.56 Å². The Bertz CT molecular complexity index is 1240. The number of halogens is 2. The van der Waals surface area contributed by atoms with Crippen LogP contribution in [0.3, 0.4) is 0 Å². The standard InChI is InChI=1S/C18H12Cl2N6O2/c1-28-26-17-10(15(21)24-16(25-17)13-5-6-22-8-23-13)7-9(18(26)27)14-11(19)3-2-4-12(14)20/h2-8H,1H3,(H2,21,24,25). The average molecular weight is 415 g/mol. The fourth-order valence-corrected chi connectivity index (χ4v) is 3.42. The third-order valence-electron chi connectivity index (χ3n) is 4.08. The molecule has 0 radical (unpaired) electrons. The number of nitrogens with two attached hydrogens (primary N) is 1. The minimum Gasteiger partial charge on any atom is -0.412 e. The van der Waals surface area contributed by atoms with Gasteiger partial charge in [0.2, 0.25) is 0 Å². The summed E-state index contributed by atoms with van der Waals surface area (Å²) in [5, 5.41) is 1.05. The first-order valence-corrected chi connectivity index (χ1v) is 8.75. The Labute approximate surface area is 168 Å². The fraction of sp³-hybridized carbons (Fsp3) is 0.0556. The minimum absolute atomic E-state index is 0.147. The van der Waals surface area contributed by atoms with E-state index in [1.807, 2.05) is 0 Å². The lowest BCUT2D eigenvalue weighted by Crippen LogP contribution is -2.27. The van der Waals surface area contributed by atoms with E-state index in [2.05, 4.69) is 19.9 Å². The molecular weight excluding hydrogens is 403 g/mol. The number of hydrogen-bond donors (Lipinski definition) is 1. The van der Waals surface area contributed by atoms with Crippen molar-refractivity contribution in [1.82, 2.24) is 24.7 Å². The van der Waals surface area contributed by atoms with Crippen LogP contribution in [0.5, 0.6) is 0 Å². The topological polar surface area (TPSA) is 109 Å². The summed E-state index contributed by atoms with van der Waals surface area (Å²) in [6.45, 7) is 0. The minimum atomic E-state index is -0.489. The Morgan fingerprint density at radius 2 is 1.89 bits per heavy atom. The first-order chi connectivity index (χ1) is 13.5. The summed E-state index contributed by atoms with van der Waals surface area (Å²) in [4.78, 5) is 35.0. The highest BCUT2D eigenvalue weighted by molar-refractivity contribution is 6.39. The van der Waals surface area contributed by atoms with Crippen LogP contribution in [0, 0.1) is 0 Å². The van der Waals surface area contributed by atoms with Crippen molar-refractivity contribution in [1.29, 1.82) is 0 Å². The Morgan fingerprint density at radius 3 is 2.54 bits per heavy atom. The summed E-state index contributed by atoms with van der Waals surface area (Å²) < 4.78 is 1.02. The van der Waals surface area contributed by atoms with E-state index in [0.29, 0.717) is 26.7 Å². The summed E-state index contributed by atoms with van der Waals surface area (Å²) >= 11 is 12.6. The van der Waals surface area contributed by atoms with Gasteiger partial charge >= 0.3 is 0 Å². The number of fused-ring (bicyclic) bond motifs is 1. The van der Waals surface area contributed by atoms with Gasteiger partial charge in [-0.15, -0.1) is 4.73 Å². The lowest BCUT2D eigenvalue weighted by molar-refractivity contribution is 0.168. The normalized spacial score (nSPS) is 11.0. The number of nitrogen functional groups attached to an aromatic ring is 1. The molecule has 8 nitrogen and oxygen atoms in total. The number of hydrogen-bond acceptors (Lipinski definition) is 7. The molecule has 1 aromatic carbocycles. The molecule has 140 valence electrons. The van der Waals surface area contributed by atoms with Crippen molar-refractivity contribution < 1.29 is 4.84 Å². The zero-order valence-corrected chi connectivity index (χ0v) is 15.9. The summed E-state index contributed by atoms with van der Waals surface area (Å²) in [5.74, 6) is 0.384. The van der Waals surface area contributed by atoms with Gasteiger partial charge in [-0.2, -0.15) is 0 Å². The lowest BCUT2D eigenvalue weighted by atomic mass is 10.1. The van der Waals surface area contributed by atoms with Gasteiger partial charge in [-0.1, -0.05) is 29.3 Å². The van der Waals surface area contributed by atoms with Crippen LogP contribution in [-0.4, -0.2) is 31.8 Å². The predicted molar refractivity (Wildman–Crippen MR) is 107 cm³/mol. The first-order valence-electron chi connectivity index (χ1n) is 7.99. The first kappa shape index (κ1) is 18.1. The zero-order chi connectivity index (χ0) is 19.8. The lowest BCUT2D eigenvalue weighted by Gasteiger charge is -2.14. The maximum Gasteiger partial charge on any atom is 0.293 e. The highest BCUT2D eigenvalue weighted by Gasteiger charge is 2.20. The van der Waals surface area contributed by atoms with E-state index in [1.54, 1.807) is 36.5 Å². The monoisotopic (exact) mass is 414 g/mol. The Morgan fingerprint density at radius 1 is 1.14 bits per heavy atom. The van der Waals surface area contributed by atoms with Gasteiger partial charge in [0, 0.05) is 11.8 Å². The second kappa shape index (κ2) is 7.06. The van der Waals surface area contributed by atoms with E-state index in [1.165, 1.54) is 13.4 Å². The van der Waals surface area contributed by atoms with Gasteiger partial charge in [0.25, 0.3) is 5.56 Å². The summed E-state index contributed by atoms with van der Waals surface area (Å²) in [7, 11) is 1.35. The van der Waals surface area contributed by atoms with Crippen molar-refractivity contribution in [2.24, 2.45) is 0 Å². The number of benzene rings is 1. The molecule has 10 heteroatoms. The van der Waals surface area contributed by atoms with Crippen LogP contribution >= 0.6 is 23.2 Å². The summed E-state index contributed by atoms with van der Waals surface area (Å²) in [6, 6.07) is 8.16. The van der Waals surface area contributed by atoms with E-state index in [0.717, 1.165) is 4.73 Å². The number of anilines is 1. The maximum atomic E-state index is 13.1. The molecule has 4 aromatic rings. The van der Waals surface area contributed by atoms with Crippen molar-refractivity contribution in [2.75, 3.05) is 12.8 Å². The van der Waals surface area contributed by atoms with E-state index >= 15 is 0 Å². The van der Waals surface area contributed by atoms with Crippen LogP contribution in [0.15, 0.2) is 47.7 Å². The molecule has 4 rings (SSSR count). The average Bonchev–Trinajstić information content (AvgIpc) is 2.69. The molecule has 0 amide bonds. The molecule has 0 unspecified atom stereocenters. The van der Waals surface area contributed by atoms with Gasteiger partial charge in [-0.25, -0.2) is 19.9 Å². The van der Waals surface area contributed by atoms with Crippen molar-refractivity contribution in [3.05, 3.63) is 63.3 Å². The Hall–Kier alpha value is -3.23. The molecule has 0 aliphatic carbocycles. The highest BCUT2D eigenvalue weighted by Crippen LogP contribution is 2.34. The molecule has 0 saturated heterocycles. The van der Waals surface area contributed by atoms with Gasteiger partial charge in [0.15, 0.2) is 11.5 Å². The van der Waals surface area contributed by atoms with Crippen LogP contribution in [-0.2, 0) is 0 Å². The smallest absolute Gasteiger partial charge is 0.293 e. The van der Waals surface area contributed by atoms with Crippen LogP contribution < -0.4 is 16.1 Å². The molecule has 0 aliphatic rings. The van der Waals surface area contributed by atoms with Crippen molar-refractivity contribution in [2.45, 2.75) is 0 Å². The molecule has 0 fully saturated rings.